The molecular weight excluding hydrogens is 294 g/mol. The SMILES string of the molecule is CCCNC(C)(CCCSc1cc(F)ccc1F)C(N)=O. The van der Waals surface area contributed by atoms with E-state index in [0.717, 1.165) is 18.6 Å². The molecule has 1 aromatic carbocycles. The first-order valence-electron chi connectivity index (χ1n) is 7.02. The van der Waals surface area contributed by atoms with Crippen LogP contribution in [0.5, 0.6) is 0 Å². The minimum Gasteiger partial charge on any atom is -0.368 e. The van der Waals surface area contributed by atoms with Gasteiger partial charge in [0.1, 0.15) is 11.6 Å². The van der Waals surface area contributed by atoms with Crippen molar-refractivity contribution in [2.24, 2.45) is 5.73 Å². The van der Waals surface area contributed by atoms with Crippen LogP contribution in [-0.2, 0) is 4.79 Å². The maximum Gasteiger partial charge on any atom is 0.237 e. The highest BCUT2D eigenvalue weighted by atomic mass is 32.2. The summed E-state index contributed by atoms with van der Waals surface area (Å²) in [4.78, 5) is 11.8. The number of carbonyl (C=O) groups excluding carboxylic acids is 1. The van der Waals surface area contributed by atoms with E-state index >= 15 is 0 Å². The van der Waals surface area contributed by atoms with Crippen LogP contribution in [0, 0.1) is 11.6 Å². The Hall–Kier alpha value is -1.14. The zero-order valence-electron chi connectivity index (χ0n) is 12.4. The predicted octanol–water partition coefficient (Wildman–Crippen LogP) is 3.08. The quantitative estimate of drug-likeness (QED) is 0.544. The molecule has 0 heterocycles. The average molecular weight is 316 g/mol. The summed E-state index contributed by atoms with van der Waals surface area (Å²) in [6, 6.07) is 3.40. The van der Waals surface area contributed by atoms with E-state index in [1.54, 1.807) is 6.92 Å². The maximum atomic E-state index is 13.5. The Labute approximate surface area is 128 Å². The number of benzene rings is 1. The molecule has 6 heteroatoms. The van der Waals surface area contributed by atoms with Gasteiger partial charge >= 0.3 is 0 Å². The first kappa shape index (κ1) is 17.9. The third-order valence-electron chi connectivity index (χ3n) is 3.28. The van der Waals surface area contributed by atoms with E-state index in [1.165, 1.54) is 17.8 Å². The monoisotopic (exact) mass is 316 g/mol. The van der Waals surface area contributed by atoms with Crippen molar-refractivity contribution in [3.05, 3.63) is 29.8 Å². The highest BCUT2D eigenvalue weighted by Crippen LogP contribution is 2.25. The Balaban J connectivity index is 2.47. The largest absolute Gasteiger partial charge is 0.368 e. The topological polar surface area (TPSA) is 55.1 Å². The van der Waals surface area contributed by atoms with Crippen molar-refractivity contribution < 1.29 is 13.6 Å². The molecule has 0 fully saturated rings. The van der Waals surface area contributed by atoms with Crippen molar-refractivity contribution in [2.75, 3.05) is 12.3 Å². The summed E-state index contributed by atoms with van der Waals surface area (Å²) < 4.78 is 26.5. The fourth-order valence-electron chi connectivity index (χ4n) is 1.90. The number of carbonyl (C=O) groups is 1. The van der Waals surface area contributed by atoms with Crippen LogP contribution in [0.2, 0.25) is 0 Å². The van der Waals surface area contributed by atoms with Crippen molar-refractivity contribution >= 4 is 17.7 Å². The number of thioether (sulfide) groups is 1. The van der Waals surface area contributed by atoms with Crippen LogP contribution >= 0.6 is 11.8 Å². The Kier molecular flexibility index (Phi) is 7.11. The molecule has 3 nitrogen and oxygen atoms in total. The van der Waals surface area contributed by atoms with E-state index in [1.807, 2.05) is 6.92 Å². The lowest BCUT2D eigenvalue weighted by Crippen LogP contribution is -2.53. The Morgan fingerprint density at radius 2 is 2.14 bits per heavy atom. The molecule has 3 N–H and O–H groups in total. The van der Waals surface area contributed by atoms with Gasteiger partial charge < -0.3 is 11.1 Å². The summed E-state index contributed by atoms with van der Waals surface area (Å²) in [5.41, 5.74) is 4.68. The van der Waals surface area contributed by atoms with E-state index in [9.17, 15) is 13.6 Å². The Morgan fingerprint density at radius 1 is 1.43 bits per heavy atom. The molecule has 1 amide bonds. The van der Waals surface area contributed by atoms with Crippen LogP contribution in [0.25, 0.3) is 0 Å². The minimum atomic E-state index is -0.753. The fraction of sp³-hybridized carbons (Fsp3) is 0.533. The smallest absolute Gasteiger partial charge is 0.237 e. The van der Waals surface area contributed by atoms with Gasteiger partial charge in [0.25, 0.3) is 0 Å². The van der Waals surface area contributed by atoms with Gasteiger partial charge in [-0.3, -0.25) is 4.79 Å². The molecule has 0 spiro atoms. The second-order valence-electron chi connectivity index (χ2n) is 5.15. The molecule has 118 valence electrons. The molecule has 0 radical (unpaired) electrons. The van der Waals surface area contributed by atoms with Gasteiger partial charge in [-0.05, 0) is 56.7 Å². The first-order chi connectivity index (χ1) is 9.89. The maximum absolute atomic E-state index is 13.5. The zero-order chi connectivity index (χ0) is 15.9. The van der Waals surface area contributed by atoms with Gasteiger partial charge in [-0.2, -0.15) is 0 Å². The summed E-state index contributed by atoms with van der Waals surface area (Å²) in [7, 11) is 0. The minimum absolute atomic E-state index is 0.289. The standard InChI is InChI=1S/C15H22F2N2OS/c1-3-8-19-15(2,14(18)20)7-4-9-21-13-10-11(16)5-6-12(13)17/h5-6,10,19H,3-4,7-9H2,1-2H3,(H2,18,20). The van der Waals surface area contributed by atoms with Gasteiger partial charge in [0.05, 0.1) is 5.54 Å². The summed E-state index contributed by atoms with van der Waals surface area (Å²) in [5.74, 6) is -0.677. The van der Waals surface area contributed by atoms with Crippen LogP contribution in [-0.4, -0.2) is 23.7 Å². The summed E-state index contributed by atoms with van der Waals surface area (Å²) in [5, 5.41) is 3.15. The van der Waals surface area contributed by atoms with E-state index in [-0.39, 0.29) is 4.90 Å². The van der Waals surface area contributed by atoms with Gasteiger partial charge in [-0.15, -0.1) is 11.8 Å². The molecule has 0 bridgehead atoms. The highest BCUT2D eigenvalue weighted by Gasteiger charge is 2.29. The number of nitrogens with two attached hydrogens (primary N) is 1. The molecule has 1 aromatic rings. The number of hydrogen-bond donors (Lipinski definition) is 2. The number of halogens is 2. The van der Waals surface area contributed by atoms with Gasteiger partial charge in [0.2, 0.25) is 5.91 Å². The lowest BCUT2D eigenvalue weighted by atomic mass is 9.95. The number of nitrogens with one attached hydrogen (secondary N) is 1. The van der Waals surface area contributed by atoms with Crippen molar-refractivity contribution in [1.29, 1.82) is 0 Å². The summed E-state index contributed by atoms with van der Waals surface area (Å²) in [6.07, 6.45) is 2.15. The Morgan fingerprint density at radius 3 is 2.76 bits per heavy atom. The molecule has 0 saturated carbocycles. The van der Waals surface area contributed by atoms with E-state index in [4.69, 9.17) is 5.73 Å². The zero-order valence-corrected chi connectivity index (χ0v) is 13.2. The van der Waals surface area contributed by atoms with Crippen LogP contribution in [0.15, 0.2) is 23.1 Å². The molecule has 0 aliphatic rings. The number of hydrogen-bond acceptors (Lipinski definition) is 3. The van der Waals surface area contributed by atoms with Crippen LogP contribution < -0.4 is 11.1 Å². The van der Waals surface area contributed by atoms with Crippen molar-refractivity contribution in [3.63, 3.8) is 0 Å². The average Bonchev–Trinajstić information content (AvgIpc) is 2.44. The lowest BCUT2D eigenvalue weighted by Gasteiger charge is -2.27. The Bertz CT molecular complexity index is 485. The fourth-order valence-corrected chi connectivity index (χ4v) is 2.81. The van der Waals surface area contributed by atoms with Gasteiger partial charge in [0.15, 0.2) is 0 Å². The summed E-state index contributed by atoms with van der Waals surface area (Å²) >= 11 is 1.24. The molecule has 0 aromatic heterocycles. The van der Waals surface area contributed by atoms with Crippen LogP contribution in [0.4, 0.5) is 8.78 Å². The van der Waals surface area contributed by atoms with E-state index in [0.29, 0.717) is 25.1 Å². The van der Waals surface area contributed by atoms with Gasteiger partial charge in [0, 0.05) is 4.90 Å². The second kappa shape index (κ2) is 8.34. The molecule has 0 aliphatic carbocycles. The van der Waals surface area contributed by atoms with Crippen molar-refractivity contribution in [3.8, 4) is 0 Å². The number of rotatable bonds is 9. The van der Waals surface area contributed by atoms with Crippen molar-refractivity contribution in [1.82, 2.24) is 5.32 Å². The molecule has 1 atom stereocenters. The van der Waals surface area contributed by atoms with Crippen molar-refractivity contribution in [2.45, 2.75) is 43.5 Å². The summed E-state index contributed by atoms with van der Waals surface area (Å²) in [6.45, 7) is 4.50. The van der Waals surface area contributed by atoms with Gasteiger partial charge in [-0.25, -0.2) is 8.78 Å². The third kappa shape index (κ3) is 5.63. The normalized spacial score (nSPS) is 13.9. The van der Waals surface area contributed by atoms with Gasteiger partial charge in [-0.1, -0.05) is 6.92 Å². The first-order valence-corrected chi connectivity index (χ1v) is 8.00. The second-order valence-corrected chi connectivity index (χ2v) is 6.29. The van der Waals surface area contributed by atoms with E-state index < -0.39 is 23.1 Å². The number of amides is 1. The highest BCUT2D eigenvalue weighted by molar-refractivity contribution is 7.99. The molecule has 1 unspecified atom stereocenters. The van der Waals surface area contributed by atoms with Crippen LogP contribution in [0.3, 0.4) is 0 Å². The van der Waals surface area contributed by atoms with E-state index in [2.05, 4.69) is 5.32 Å². The third-order valence-corrected chi connectivity index (χ3v) is 4.40. The molecule has 1 rings (SSSR count). The predicted molar refractivity (Wildman–Crippen MR) is 82.2 cm³/mol. The molecule has 0 aliphatic heterocycles. The molecular formula is C15H22F2N2OS. The molecule has 21 heavy (non-hydrogen) atoms. The van der Waals surface area contributed by atoms with Crippen LogP contribution in [0.1, 0.15) is 33.1 Å². The molecule has 0 saturated heterocycles. The lowest BCUT2D eigenvalue weighted by molar-refractivity contribution is -0.124. The number of primary amides is 1.